The van der Waals surface area contributed by atoms with Crippen LogP contribution in [0.1, 0.15) is 16.7 Å². The minimum absolute atomic E-state index is 0.0457. The van der Waals surface area contributed by atoms with Gasteiger partial charge in [-0.3, -0.25) is 9.52 Å². The molecule has 0 spiro atoms. The van der Waals surface area contributed by atoms with Gasteiger partial charge in [-0.25, -0.2) is 18.4 Å². The molecule has 0 aliphatic rings. The van der Waals surface area contributed by atoms with Crippen molar-refractivity contribution < 1.29 is 23.1 Å². The Kier molecular flexibility index (Phi) is 8.93. The monoisotopic (exact) mass is 612 g/mol. The minimum Gasteiger partial charge on any atom is -0.508 e. The average molecular weight is 613 g/mol. The summed E-state index contributed by atoms with van der Waals surface area (Å²) in [7, 11) is -2.71. The number of anilines is 4. The maximum Gasteiger partial charge on any atom is 0.263 e. The highest BCUT2D eigenvalue weighted by Gasteiger charge is 2.20. The number of ether oxygens (including phenoxy) is 1. The smallest absolute Gasteiger partial charge is 0.263 e. The Morgan fingerprint density at radius 2 is 1.61 bits per heavy atom. The standard InChI is InChI=1S/C32H32N6O5S/c1-20-11-12-22(21(2)13-20)18-33-19-30(40)34-23-7-6-8-27(16-23)44(41,42)38-32-31(36-28-9-4-5-10-29(28)37-32)35-24-14-25(39)17-26(15-24)43-3/h4-17,33,39H,18-19H2,1-3H3,(H,34,40)(H,35,36)(H,37,38). The molecule has 0 saturated carbocycles. The predicted octanol–water partition coefficient (Wildman–Crippen LogP) is 5.23. The van der Waals surface area contributed by atoms with Crippen LogP contribution < -0.4 is 25.4 Å². The summed E-state index contributed by atoms with van der Waals surface area (Å²) < 4.78 is 34.8. The van der Waals surface area contributed by atoms with Crippen molar-refractivity contribution in [3.63, 3.8) is 0 Å². The fourth-order valence-corrected chi connectivity index (χ4v) is 5.61. The molecular formula is C32H32N6O5S. The summed E-state index contributed by atoms with van der Waals surface area (Å²) >= 11 is 0. The summed E-state index contributed by atoms with van der Waals surface area (Å²) in [4.78, 5) is 21.6. The number of methoxy groups -OCH3 is 1. The molecule has 12 heteroatoms. The van der Waals surface area contributed by atoms with Gasteiger partial charge in [0.05, 0.1) is 29.6 Å². The number of aromatic hydroxyl groups is 1. The van der Waals surface area contributed by atoms with E-state index in [-0.39, 0.29) is 34.7 Å². The molecule has 5 aromatic rings. The lowest BCUT2D eigenvalue weighted by atomic mass is 10.1. The van der Waals surface area contributed by atoms with Crippen molar-refractivity contribution in [2.45, 2.75) is 25.3 Å². The van der Waals surface area contributed by atoms with Crippen LogP contribution in [0.4, 0.5) is 23.0 Å². The second-order valence-electron chi connectivity index (χ2n) is 10.2. The lowest BCUT2D eigenvalue weighted by Crippen LogP contribution is -2.28. The van der Waals surface area contributed by atoms with Crippen LogP contribution in [0.5, 0.6) is 11.5 Å². The van der Waals surface area contributed by atoms with E-state index in [1.165, 1.54) is 43.0 Å². The number of carbonyl (C=O) groups excluding carboxylic acids is 1. The maximum atomic E-state index is 13.5. The summed E-state index contributed by atoms with van der Waals surface area (Å²) in [5.74, 6) is 0.0748. The van der Waals surface area contributed by atoms with Gasteiger partial charge in [0.15, 0.2) is 11.6 Å². The molecule has 1 heterocycles. The highest BCUT2D eigenvalue weighted by Crippen LogP contribution is 2.31. The third-order valence-electron chi connectivity index (χ3n) is 6.72. The van der Waals surface area contributed by atoms with Crippen molar-refractivity contribution in [2.75, 3.05) is 29.0 Å². The number of phenolic OH excluding ortho intramolecular Hbond substituents is 1. The van der Waals surface area contributed by atoms with Gasteiger partial charge in [-0.1, -0.05) is 42.0 Å². The number of aryl methyl sites for hydroxylation is 2. The number of amides is 1. The number of para-hydroxylation sites is 2. The zero-order valence-electron chi connectivity index (χ0n) is 24.4. The number of hydrogen-bond donors (Lipinski definition) is 5. The molecule has 0 aliphatic heterocycles. The van der Waals surface area contributed by atoms with E-state index >= 15 is 0 Å². The van der Waals surface area contributed by atoms with E-state index in [9.17, 15) is 18.3 Å². The quantitative estimate of drug-likeness (QED) is 0.135. The number of carbonyl (C=O) groups is 1. The van der Waals surface area contributed by atoms with Crippen LogP contribution in [-0.4, -0.2) is 43.1 Å². The molecule has 226 valence electrons. The van der Waals surface area contributed by atoms with Crippen LogP contribution in [0.15, 0.2) is 89.8 Å². The first-order valence-electron chi connectivity index (χ1n) is 13.7. The Morgan fingerprint density at radius 1 is 0.864 bits per heavy atom. The Labute approximate surface area is 255 Å². The van der Waals surface area contributed by atoms with Gasteiger partial charge in [0.2, 0.25) is 5.91 Å². The Hall–Kier alpha value is -5.20. The van der Waals surface area contributed by atoms with Gasteiger partial charge in [-0.05, 0) is 55.3 Å². The summed E-state index contributed by atoms with van der Waals surface area (Å²) in [6.07, 6.45) is 0. The lowest BCUT2D eigenvalue weighted by Gasteiger charge is -2.15. The number of hydrogen-bond acceptors (Lipinski definition) is 9. The molecule has 0 fully saturated rings. The van der Waals surface area contributed by atoms with Crippen LogP contribution in [0.2, 0.25) is 0 Å². The van der Waals surface area contributed by atoms with Crippen molar-refractivity contribution in [2.24, 2.45) is 0 Å². The molecule has 5 rings (SSSR count). The molecule has 0 aliphatic carbocycles. The van der Waals surface area contributed by atoms with E-state index < -0.39 is 10.0 Å². The first-order chi connectivity index (χ1) is 21.1. The molecule has 0 saturated heterocycles. The zero-order valence-corrected chi connectivity index (χ0v) is 25.2. The Morgan fingerprint density at radius 3 is 2.34 bits per heavy atom. The van der Waals surface area contributed by atoms with E-state index in [0.29, 0.717) is 34.7 Å². The Balaban J connectivity index is 1.33. The summed E-state index contributed by atoms with van der Waals surface area (Å²) in [6.45, 7) is 4.62. The van der Waals surface area contributed by atoms with Crippen molar-refractivity contribution in [3.05, 3.63) is 102 Å². The molecule has 0 atom stereocenters. The summed E-state index contributed by atoms with van der Waals surface area (Å²) in [5.41, 5.74) is 5.13. The molecule has 1 aromatic heterocycles. The molecule has 5 N–H and O–H groups in total. The van der Waals surface area contributed by atoms with Gasteiger partial charge in [0.1, 0.15) is 11.5 Å². The van der Waals surface area contributed by atoms with Crippen molar-refractivity contribution in [1.82, 2.24) is 15.3 Å². The first kappa shape index (κ1) is 30.3. The molecule has 1 amide bonds. The largest absolute Gasteiger partial charge is 0.508 e. The van der Waals surface area contributed by atoms with Crippen LogP contribution in [0, 0.1) is 13.8 Å². The van der Waals surface area contributed by atoms with Gasteiger partial charge in [-0.15, -0.1) is 0 Å². The fraction of sp³-hybridized carbons (Fsp3) is 0.156. The van der Waals surface area contributed by atoms with Crippen LogP contribution in [0.25, 0.3) is 11.0 Å². The van der Waals surface area contributed by atoms with Gasteiger partial charge in [0, 0.05) is 36.1 Å². The SMILES string of the molecule is COc1cc(O)cc(Nc2nc3ccccc3nc2NS(=O)(=O)c2cccc(NC(=O)CNCc3ccc(C)cc3C)c2)c1. The molecule has 0 unspecified atom stereocenters. The van der Waals surface area contributed by atoms with Crippen molar-refractivity contribution >= 4 is 50.0 Å². The van der Waals surface area contributed by atoms with E-state index in [1.54, 1.807) is 36.4 Å². The average Bonchev–Trinajstić information content (AvgIpc) is 2.98. The van der Waals surface area contributed by atoms with Gasteiger partial charge in [-0.2, -0.15) is 0 Å². The number of benzene rings is 4. The third-order valence-corrected chi connectivity index (χ3v) is 8.06. The van der Waals surface area contributed by atoms with Crippen LogP contribution >= 0.6 is 0 Å². The van der Waals surface area contributed by atoms with E-state index in [0.717, 1.165) is 11.1 Å². The highest BCUT2D eigenvalue weighted by molar-refractivity contribution is 7.92. The second-order valence-corrected chi connectivity index (χ2v) is 11.9. The lowest BCUT2D eigenvalue weighted by molar-refractivity contribution is -0.115. The van der Waals surface area contributed by atoms with Crippen LogP contribution in [0.3, 0.4) is 0 Å². The van der Waals surface area contributed by atoms with Gasteiger partial charge < -0.3 is 25.8 Å². The summed E-state index contributed by atoms with van der Waals surface area (Å²) in [6, 6.07) is 23.6. The molecule has 0 bridgehead atoms. The number of nitrogens with one attached hydrogen (secondary N) is 4. The second kappa shape index (κ2) is 13.0. The van der Waals surface area contributed by atoms with E-state index in [1.807, 2.05) is 26.0 Å². The minimum atomic E-state index is -4.17. The van der Waals surface area contributed by atoms with E-state index in [2.05, 4.69) is 36.7 Å². The van der Waals surface area contributed by atoms with E-state index in [4.69, 9.17) is 4.74 Å². The van der Waals surface area contributed by atoms with Gasteiger partial charge in [0.25, 0.3) is 10.0 Å². The molecule has 44 heavy (non-hydrogen) atoms. The fourth-order valence-electron chi connectivity index (χ4n) is 4.56. The molecular weight excluding hydrogens is 580 g/mol. The molecule has 0 radical (unpaired) electrons. The number of phenols is 1. The number of aromatic nitrogens is 2. The number of nitrogens with zero attached hydrogens (tertiary/aromatic N) is 2. The van der Waals surface area contributed by atoms with Crippen LogP contribution in [-0.2, 0) is 21.4 Å². The van der Waals surface area contributed by atoms with Crippen molar-refractivity contribution in [1.29, 1.82) is 0 Å². The highest BCUT2D eigenvalue weighted by atomic mass is 32.2. The normalized spacial score (nSPS) is 11.2. The number of sulfonamides is 1. The number of fused-ring (bicyclic) bond motifs is 1. The zero-order chi connectivity index (χ0) is 31.3. The predicted molar refractivity (Wildman–Crippen MR) is 171 cm³/mol. The first-order valence-corrected chi connectivity index (χ1v) is 15.2. The topological polar surface area (TPSA) is 155 Å². The molecule has 4 aromatic carbocycles. The molecule has 11 nitrogen and oxygen atoms in total. The van der Waals surface area contributed by atoms with Gasteiger partial charge >= 0.3 is 0 Å². The summed E-state index contributed by atoms with van der Waals surface area (Å²) in [5, 5.41) is 19.0. The third kappa shape index (κ3) is 7.41. The van der Waals surface area contributed by atoms with Crippen molar-refractivity contribution in [3.8, 4) is 11.5 Å². The Bertz CT molecular complexity index is 1950. The number of rotatable bonds is 11. The maximum absolute atomic E-state index is 13.5.